The van der Waals surface area contributed by atoms with Crippen molar-refractivity contribution >= 4 is 46.0 Å². The van der Waals surface area contributed by atoms with Crippen LogP contribution in [0.25, 0.3) is 28.0 Å². The summed E-state index contributed by atoms with van der Waals surface area (Å²) in [5.41, 5.74) is 4.75. The third kappa shape index (κ3) is 4.83. The number of amides is 2. The van der Waals surface area contributed by atoms with Gasteiger partial charge >= 0.3 is 5.69 Å². The first-order valence-corrected chi connectivity index (χ1v) is 15.1. The van der Waals surface area contributed by atoms with Crippen molar-refractivity contribution in [3.8, 4) is 16.9 Å². The summed E-state index contributed by atoms with van der Waals surface area (Å²) < 4.78 is 1.53. The zero-order chi connectivity index (χ0) is 31.4. The topological polar surface area (TPSA) is 113 Å². The molecule has 10 nitrogen and oxygen atoms in total. The molecule has 0 spiro atoms. The highest BCUT2D eigenvalue weighted by Crippen LogP contribution is 2.40. The van der Waals surface area contributed by atoms with Gasteiger partial charge in [0.2, 0.25) is 11.8 Å². The first kappa shape index (κ1) is 29.5. The largest absolute Gasteiger partial charge is 0.355 e. The van der Waals surface area contributed by atoms with Crippen LogP contribution in [0.1, 0.15) is 50.4 Å². The van der Waals surface area contributed by atoms with Crippen LogP contribution in [0.3, 0.4) is 0 Å². The molecule has 0 aliphatic carbocycles. The van der Waals surface area contributed by atoms with Gasteiger partial charge in [-0.2, -0.15) is 4.98 Å². The number of halogens is 1. The van der Waals surface area contributed by atoms with Crippen molar-refractivity contribution in [2.24, 2.45) is 0 Å². The number of aryl methyl sites for hydroxylation is 1. The van der Waals surface area contributed by atoms with Gasteiger partial charge in [0.25, 0.3) is 0 Å². The van der Waals surface area contributed by atoms with Gasteiger partial charge in [-0.05, 0) is 56.0 Å². The molecule has 0 bridgehead atoms. The predicted molar refractivity (Wildman–Crippen MR) is 173 cm³/mol. The smallest absolute Gasteiger partial charge is 0.349 e. The molecule has 4 aromatic rings. The Labute approximate surface area is 260 Å². The summed E-state index contributed by atoms with van der Waals surface area (Å²) in [6, 6.07) is 8.99. The highest BCUT2D eigenvalue weighted by atomic mass is 35.5. The molecule has 2 unspecified atom stereocenters. The van der Waals surface area contributed by atoms with Crippen molar-refractivity contribution in [1.29, 1.82) is 0 Å². The molecule has 2 aliphatic heterocycles. The van der Waals surface area contributed by atoms with Gasteiger partial charge in [0, 0.05) is 36.9 Å². The number of hydrogen-bond donors (Lipinski definition) is 1. The minimum atomic E-state index is -0.498. The van der Waals surface area contributed by atoms with Crippen LogP contribution in [0.4, 0.5) is 11.5 Å². The predicted octanol–water partition coefficient (Wildman–Crippen LogP) is 5.03. The zero-order valence-corrected chi connectivity index (χ0v) is 26.1. The minimum absolute atomic E-state index is 0.0160. The molecule has 2 amide bonds. The number of anilines is 2. The number of nitrogens with zero attached hydrogens (tertiary/aromatic N) is 6. The Morgan fingerprint density at radius 2 is 1.91 bits per heavy atom. The quantitative estimate of drug-likeness (QED) is 0.315. The second kappa shape index (κ2) is 11.2. The monoisotopic (exact) mass is 611 g/mol. The van der Waals surface area contributed by atoms with E-state index in [1.165, 1.54) is 10.6 Å². The number of hydrogen-bond acceptors (Lipinski definition) is 7. The van der Waals surface area contributed by atoms with E-state index in [0.29, 0.717) is 57.6 Å². The molecule has 3 aromatic heterocycles. The van der Waals surface area contributed by atoms with Gasteiger partial charge in [0.1, 0.15) is 5.82 Å². The van der Waals surface area contributed by atoms with E-state index < -0.39 is 5.69 Å². The molecule has 0 saturated carbocycles. The van der Waals surface area contributed by atoms with E-state index in [4.69, 9.17) is 16.6 Å². The summed E-state index contributed by atoms with van der Waals surface area (Å²) >= 11 is 7.00. The Bertz CT molecular complexity index is 1920. The molecular weight excluding hydrogens is 578 g/mol. The van der Waals surface area contributed by atoms with Crippen LogP contribution in [0, 0.1) is 6.92 Å². The first-order valence-electron chi connectivity index (χ1n) is 14.7. The number of rotatable bonds is 5. The molecule has 1 N–H and O–H groups in total. The van der Waals surface area contributed by atoms with Crippen LogP contribution < -0.4 is 15.9 Å². The highest BCUT2D eigenvalue weighted by molar-refractivity contribution is 6.34. The van der Waals surface area contributed by atoms with E-state index in [1.54, 1.807) is 17.2 Å². The van der Waals surface area contributed by atoms with Crippen LogP contribution in [0.15, 0.2) is 54.0 Å². The Kier molecular flexibility index (Phi) is 7.49. The molecule has 5 heterocycles. The third-order valence-corrected chi connectivity index (χ3v) is 8.75. The van der Waals surface area contributed by atoms with Crippen molar-refractivity contribution in [2.75, 3.05) is 23.3 Å². The standard InChI is InChI=1S/C33H34ClN7O3/c1-7-26(43)39-15-20(6)40(16-19(39)5)31-23-14-24(34)29(22-10-8-9-21-13-25(42)36-28(21)22)37-32(23)41(33(44)38-31)30-18(4)11-12-35-27(30)17(2)3/h7-12,14,17,19-20H,1,13,15-16H2,2-6H3,(H,36,42). The number of aromatic nitrogens is 4. The van der Waals surface area contributed by atoms with E-state index in [1.807, 2.05) is 63.8 Å². The molecule has 11 heteroatoms. The van der Waals surface area contributed by atoms with Gasteiger partial charge in [-0.1, -0.05) is 50.2 Å². The fourth-order valence-corrected chi connectivity index (χ4v) is 6.55. The average molecular weight is 612 g/mol. The highest BCUT2D eigenvalue weighted by Gasteiger charge is 2.34. The lowest BCUT2D eigenvalue weighted by Crippen LogP contribution is -2.58. The molecule has 0 radical (unpaired) electrons. The van der Waals surface area contributed by atoms with Crippen molar-refractivity contribution in [3.63, 3.8) is 0 Å². The van der Waals surface area contributed by atoms with Crippen LogP contribution in [0.5, 0.6) is 0 Å². The fourth-order valence-electron chi connectivity index (χ4n) is 6.29. The van der Waals surface area contributed by atoms with Crippen molar-refractivity contribution in [1.82, 2.24) is 24.4 Å². The van der Waals surface area contributed by atoms with E-state index in [2.05, 4.69) is 21.9 Å². The molecule has 226 valence electrons. The normalized spacial score (nSPS) is 18.1. The molecular formula is C33H34ClN7O3. The number of carbonyl (C=O) groups excluding carboxylic acids is 2. The van der Waals surface area contributed by atoms with Crippen LogP contribution in [0.2, 0.25) is 5.02 Å². The number of pyridine rings is 2. The molecule has 1 saturated heterocycles. The molecule has 6 rings (SSSR count). The summed E-state index contributed by atoms with van der Waals surface area (Å²) in [6.45, 7) is 14.5. The number of fused-ring (bicyclic) bond motifs is 2. The summed E-state index contributed by atoms with van der Waals surface area (Å²) in [6.07, 6.45) is 3.34. The van der Waals surface area contributed by atoms with E-state index >= 15 is 0 Å². The first-order chi connectivity index (χ1) is 21.0. The van der Waals surface area contributed by atoms with Crippen molar-refractivity contribution < 1.29 is 9.59 Å². The lowest BCUT2D eigenvalue weighted by atomic mass is 10.0. The molecule has 2 aliphatic rings. The number of piperazine rings is 1. The fraction of sp³-hybridized carbons (Fsp3) is 0.333. The van der Waals surface area contributed by atoms with Gasteiger partial charge in [-0.15, -0.1) is 0 Å². The van der Waals surface area contributed by atoms with E-state index in [9.17, 15) is 14.4 Å². The van der Waals surface area contributed by atoms with Gasteiger partial charge in [0.15, 0.2) is 5.65 Å². The average Bonchev–Trinajstić information content (AvgIpc) is 3.38. The lowest BCUT2D eigenvalue weighted by Gasteiger charge is -2.44. The Morgan fingerprint density at radius 1 is 1.14 bits per heavy atom. The summed E-state index contributed by atoms with van der Waals surface area (Å²) in [7, 11) is 0. The minimum Gasteiger partial charge on any atom is -0.349 e. The van der Waals surface area contributed by atoms with Gasteiger partial charge < -0.3 is 15.1 Å². The van der Waals surface area contributed by atoms with E-state index in [0.717, 1.165) is 16.8 Å². The van der Waals surface area contributed by atoms with Gasteiger partial charge in [-0.3, -0.25) is 14.6 Å². The molecule has 2 atom stereocenters. The summed E-state index contributed by atoms with van der Waals surface area (Å²) in [5, 5.41) is 3.89. The molecule has 44 heavy (non-hydrogen) atoms. The van der Waals surface area contributed by atoms with Gasteiger partial charge in [0.05, 0.1) is 39.6 Å². The maximum atomic E-state index is 14.2. The SMILES string of the molecule is C=CC(=O)N1CC(C)N(c2nc(=O)n(-c3c(C)ccnc3C(C)C)c3nc(-c4cccc5c4NC(=O)C5)c(Cl)cc23)CC1C. The maximum absolute atomic E-state index is 14.2. The van der Waals surface area contributed by atoms with Crippen LogP contribution in [-0.4, -0.2) is 61.4 Å². The number of carbonyl (C=O) groups is 2. The van der Waals surface area contributed by atoms with Gasteiger partial charge in [-0.25, -0.2) is 14.3 Å². The maximum Gasteiger partial charge on any atom is 0.355 e. The lowest BCUT2D eigenvalue weighted by molar-refractivity contribution is -0.128. The summed E-state index contributed by atoms with van der Waals surface area (Å²) in [5.74, 6) is 0.230. The van der Waals surface area contributed by atoms with Crippen LogP contribution >= 0.6 is 11.6 Å². The molecule has 1 fully saturated rings. The second-order valence-corrected chi connectivity index (χ2v) is 12.3. The number of nitrogens with one attached hydrogen (secondary N) is 1. The number of benzene rings is 1. The Balaban J connectivity index is 1.64. The third-order valence-electron chi connectivity index (χ3n) is 8.46. The Morgan fingerprint density at radius 3 is 2.64 bits per heavy atom. The van der Waals surface area contributed by atoms with Crippen molar-refractivity contribution in [3.05, 3.63) is 81.5 Å². The second-order valence-electron chi connectivity index (χ2n) is 11.9. The number of para-hydroxylation sites is 1. The van der Waals surface area contributed by atoms with Crippen LogP contribution in [-0.2, 0) is 16.0 Å². The summed E-state index contributed by atoms with van der Waals surface area (Å²) in [4.78, 5) is 57.2. The van der Waals surface area contributed by atoms with E-state index in [-0.39, 0.29) is 36.2 Å². The van der Waals surface area contributed by atoms with Crippen molar-refractivity contribution in [2.45, 2.75) is 59.0 Å². The molecule has 1 aromatic carbocycles. The zero-order valence-electron chi connectivity index (χ0n) is 25.4. The Hall–Kier alpha value is -4.57.